The van der Waals surface area contributed by atoms with Crippen molar-refractivity contribution in [2.45, 2.75) is 25.2 Å². The molecule has 0 spiro atoms. The van der Waals surface area contributed by atoms with Gasteiger partial charge in [-0.3, -0.25) is 14.9 Å². The van der Waals surface area contributed by atoms with Crippen LogP contribution in [0.3, 0.4) is 0 Å². The van der Waals surface area contributed by atoms with Crippen molar-refractivity contribution < 1.29 is 19.2 Å². The molecular formula is C19H19NO5. The predicted octanol–water partition coefficient (Wildman–Crippen LogP) is 3.53. The highest BCUT2D eigenvalue weighted by atomic mass is 16.6. The lowest BCUT2D eigenvalue weighted by Crippen LogP contribution is -2.22. The van der Waals surface area contributed by atoms with Crippen molar-refractivity contribution in [2.75, 3.05) is 7.11 Å². The van der Waals surface area contributed by atoms with Crippen LogP contribution >= 0.6 is 0 Å². The van der Waals surface area contributed by atoms with Crippen LogP contribution in [0.4, 0.5) is 5.69 Å². The fraction of sp³-hybridized carbons (Fsp3) is 0.263. The highest BCUT2D eigenvalue weighted by Crippen LogP contribution is 2.37. The standard InChI is InChI=1S/C19H19NO5/c1-13-3-5-14(6-4-13)17(11-12-21)18(19(22)25-2)15-7-9-16(10-8-15)20(23)24/h3-10,12,17-18H,11H2,1-2H3/t17-,18-/m1/s1. The molecule has 2 atom stereocenters. The molecular weight excluding hydrogens is 322 g/mol. The molecule has 2 aromatic carbocycles. The van der Waals surface area contributed by atoms with Crippen molar-refractivity contribution >= 4 is 17.9 Å². The molecule has 0 unspecified atom stereocenters. The van der Waals surface area contributed by atoms with E-state index >= 15 is 0 Å². The zero-order valence-electron chi connectivity index (χ0n) is 14.0. The van der Waals surface area contributed by atoms with Gasteiger partial charge in [0.2, 0.25) is 0 Å². The molecule has 6 nitrogen and oxygen atoms in total. The maximum atomic E-state index is 12.4. The summed E-state index contributed by atoms with van der Waals surface area (Å²) in [7, 11) is 1.29. The van der Waals surface area contributed by atoms with Gasteiger partial charge < -0.3 is 9.53 Å². The van der Waals surface area contributed by atoms with Gasteiger partial charge in [0.25, 0.3) is 5.69 Å². The summed E-state index contributed by atoms with van der Waals surface area (Å²) in [4.78, 5) is 33.9. The van der Waals surface area contributed by atoms with Gasteiger partial charge in [-0.2, -0.15) is 0 Å². The first-order valence-electron chi connectivity index (χ1n) is 7.80. The minimum absolute atomic E-state index is 0.0605. The molecule has 2 aromatic rings. The van der Waals surface area contributed by atoms with E-state index in [1.54, 1.807) is 0 Å². The molecule has 0 aromatic heterocycles. The summed E-state index contributed by atoms with van der Waals surface area (Å²) >= 11 is 0. The van der Waals surface area contributed by atoms with E-state index in [1.165, 1.54) is 31.4 Å². The Morgan fingerprint density at radius 2 is 1.68 bits per heavy atom. The monoisotopic (exact) mass is 341 g/mol. The van der Waals surface area contributed by atoms with Crippen LogP contribution in [0.1, 0.15) is 34.9 Å². The summed E-state index contributed by atoms with van der Waals surface area (Å²) in [6.07, 6.45) is 0.908. The molecule has 0 saturated carbocycles. The fourth-order valence-electron chi connectivity index (χ4n) is 2.84. The van der Waals surface area contributed by atoms with Gasteiger partial charge in [0.15, 0.2) is 0 Å². The van der Waals surface area contributed by atoms with Gasteiger partial charge in [0, 0.05) is 24.5 Å². The number of nitro groups is 1. The summed E-state index contributed by atoms with van der Waals surface area (Å²) in [5.41, 5.74) is 2.42. The number of methoxy groups -OCH3 is 1. The average molecular weight is 341 g/mol. The Bertz CT molecular complexity index is 752. The van der Waals surface area contributed by atoms with Crippen LogP contribution in [0.5, 0.6) is 0 Å². The summed E-state index contributed by atoms with van der Waals surface area (Å²) < 4.78 is 4.93. The zero-order chi connectivity index (χ0) is 18.4. The second kappa shape index (κ2) is 8.19. The van der Waals surface area contributed by atoms with E-state index in [-0.39, 0.29) is 12.1 Å². The highest BCUT2D eigenvalue weighted by Gasteiger charge is 2.32. The number of esters is 1. The van der Waals surface area contributed by atoms with Gasteiger partial charge in [-0.25, -0.2) is 0 Å². The van der Waals surface area contributed by atoms with Gasteiger partial charge in [-0.1, -0.05) is 42.0 Å². The van der Waals surface area contributed by atoms with E-state index in [0.29, 0.717) is 5.56 Å². The van der Waals surface area contributed by atoms with Crippen molar-refractivity contribution in [3.63, 3.8) is 0 Å². The summed E-state index contributed by atoms with van der Waals surface area (Å²) in [6.45, 7) is 1.95. The van der Waals surface area contributed by atoms with Gasteiger partial charge >= 0.3 is 5.97 Å². The Hall–Kier alpha value is -3.02. The Morgan fingerprint density at radius 1 is 1.12 bits per heavy atom. The first kappa shape index (κ1) is 18.3. The number of hydrogen-bond acceptors (Lipinski definition) is 5. The van der Waals surface area contributed by atoms with Crippen molar-refractivity contribution in [2.24, 2.45) is 0 Å². The molecule has 0 bridgehead atoms. The molecule has 0 heterocycles. The van der Waals surface area contributed by atoms with E-state index in [9.17, 15) is 19.7 Å². The number of carbonyl (C=O) groups is 2. The highest BCUT2D eigenvalue weighted by molar-refractivity contribution is 5.80. The van der Waals surface area contributed by atoms with E-state index in [0.717, 1.165) is 17.4 Å². The SMILES string of the molecule is COC(=O)[C@H](c1ccc([N+](=O)[O-])cc1)[C@H](CC=O)c1ccc(C)cc1. The maximum Gasteiger partial charge on any atom is 0.313 e. The van der Waals surface area contributed by atoms with Gasteiger partial charge in [0.05, 0.1) is 18.0 Å². The number of non-ortho nitro benzene ring substituents is 1. The first-order chi connectivity index (χ1) is 12.0. The van der Waals surface area contributed by atoms with E-state index in [2.05, 4.69) is 0 Å². The molecule has 0 N–H and O–H groups in total. The van der Waals surface area contributed by atoms with E-state index in [4.69, 9.17) is 4.74 Å². The third-order valence-corrected chi connectivity index (χ3v) is 4.18. The number of carbonyl (C=O) groups excluding carboxylic acids is 2. The van der Waals surface area contributed by atoms with Gasteiger partial charge in [-0.05, 0) is 18.1 Å². The van der Waals surface area contributed by atoms with Crippen molar-refractivity contribution in [1.29, 1.82) is 0 Å². The molecule has 0 aliphatic rings. The number of aldehydes is 1. The van der Waals surface area contributed by atoms with E-state index < -0.39 is 22.7 Å². The minimum Gasteiger partial charge on any atom is -0.469 e. The topological polar surface area (TPSA) is 86.5 Å². The predicted molar refractivity (Wildman–Crippen MR) is 92.5 cm³/mol. The van der Waals surface area contributed by atoms with Crippen LogP contribution in [0.25, 0.3) is 0 Å². The number of aryl methyl sites for hydroxylation is 1. The summed E-state index contributed by atoms with van der Waals surface area (Å²) in [5.74, 6) is -1.62. The van der Waals surface area contributed by atoms with Gasteiger partial charge in [-0.15, -0.1) is 0 Å². The molecule has 0 aliphatic heterocycles. The van der Waals surface area contributed by atoms with Crippen molar-refractivity contribution in [3.05, 3.63) is 75.3 Å². The average Bonchev–Trinajstić information content (AvgIpc) is 2.62. The van der Waals surface area contributed by atoms with Crippen molar-refractivity contribution in [1.82, 2.24) is 0 Å². The number of nitro benzene ring substituents is 1. The molecule has 0 amide bonds. The summed E-state index contributed by atoms with van der Waals surface area (Å²) in [5, 5.41) is 10.8. The van der Waals surface area contributed by atoms with Gasteiger partial charge in [0.1, 0.15) is 6.29 Å². The fourth-order valence-corrected chi connectivity index (χ4v) is 2.84. The number of hydrogen-bond donors (Lipinski definition) is 0. The molecule has 0 saturated heterocycles. The smallest absolute Gasteiger partial charge is 0.313 e. The Morgan fingerprint density at radius 3 is 2.16 bits per heavy atom. The van der Waals surface area contributed by atoms with Crippen LogP contribution in [-0.4, -0.2) is 24.3 Å². The largest absolute Gasteiger partial charge is 0.469 e. The van der Waals surface area contributed by atoms with Crippen LogP contribution in [0.15, 0.2) is 48.5 Å². The maximum absolute atomic E-state index is 12.4. The molecule has 130 valence electrons. The Balaban J connectivity index is 2.48. The molecule has 0 radical (unpaired) electrons. The quantitative estimate of drug-likeness (QED) is 0.333. The lowest BCUT2D eigenvalue weighted by Gasteiger charge is -2.24. The van der Waals surface area contributed by atoms with Crippen LogP contribution in [-0.2, 0) is 14.3 Å². The number of benzene rings is 2. The number of rotatable bonds is 7. The lowest BCUT2D eigenvalue weighted by atomic mass is 9.79. The molecule has 25 heavy (non-hydrogen) atoms. The minimum atomic E-state index is -0.723. The normalized spacial score (nSPS) is 12.9. The third-order valence-electron chi connectivity index (χ3n) is 4.18. The Labute approximate surface area is 145 Å². The first-order valence-corrected chi connectivity index (χ1v) is 7.80. The lowest BCUT2D eigenvalue weighted by molar-refractivity contribution is -0.384. The number of nitrogens with zero attached hydrogens (tertiary/aromatic N) is 1. The Kier molecular flexibility index (Phi) is 6.00. The zero-order valence-corrected chi connectivity index (χ0v) is 14.0. The van der Waals surface area contributed by atoms with Crippen molar-refractivity contribution in [3.8, 4) is 0 Å². The molecule has 0 aliphatic carbocycles. The van der Waals surface area contributed by atoms with Crippen LogP contribution in [0, 0.1) is 17.0 Å². The second-order valence-electron chi connectivity index (χ2n) is 5.77. The van der Waals surface area contributed by atoms with E-state index in [1.807, 2.05) is 31.2 Å². The molecule has 2 rings (SSSR count). The van der Waals surface area contributed by atoms with Crippen LogP contribution < -0.4 is 0 Å². The molecule has 0 fully saturated rings. The molecule has 6 heteroatoms. The van der Waals surface area contributed by atoms with Crippen LogP contribution in [0.2, 0.25) is 0 Å². The second-order valence-corrected chi connectivity index (χ2v) is 5.77. The number of ether oxygens (including phenoxy) is 1. The third kappa shape index (κ3) is 4.29. The summed E-state index contributed by atoms with van der Waals surface area (Å²) in [6, 6.07) is 13.3.